The van der Waals surface area contributed by atoms with Gasteiger partial charge in [-0.15, -0.1) is 0 Å². The maximum Gasteiger partial charge on any atom is 0.271 e. The van der Waals surface area contributed by atoms with Crippen molar-refractivity contribution in [2.45, 2.75) is 51.0 Å². The van der Waals surface area contributed by atoms with E-state index in [2.05, 4.69) is 10.4 Å². The number of aromatic nitrogens is 2. The topological polar surface area (TPSA) is 67.2 Å². The Hall–Kier alpha value is -1.36. The lowest BCUT2D eigenvalue weighted by Crippen LogP contribution is -2.42. The van der Waals surface area contributed by atoms with Crippen LogP contribution in [0.15, 0.2) is 6.07 Å². The van der Waals surface area contributed by atoms with Gasteiger partial charge in [0.1, 0.15) is 5.69 Å². The second-order valence-electron chi connectivity index (χ2n) is 5.62. The molecule has 1 aliphatic carbocycles. The molecule has 1 aromatic heterocycles. The molecule has 1 heterocycles. The summed E-state index contributed by atoms with van der Waals surface area (Å²) in [6.07, 6.45) is 5.97. The molecule has 5 nitrogen and oxygen atoms in total. The number of carbonyl (C=O) groups is 1. The van der Waals surface area contributed by atoms with Crippen LogP contribution >= 0.6 is 0 Å². The highest BCUT2D eigenvalue weighted by Gasteiger charge is 2.28. The van der Waals surface area contributed by atoms with Crippen LogP contribution in [0.3, 0.4) is 0 Å². The zero-order valence-electron chi connectivity index (χ0n) is 11.8. The largest absolute Gasteiger partial charge is 0.388 e. The highest BCUT2D eigenvalue weighted by atomic mass is 16.3. The van der Waals surface area contributed by atoms with Gasteiger partial charge < -0.3 is 10.4 Å². The number of nitrogens with zero attached hydrogens (tertiary/aromatic N) is 2. The van der Waals surface area contributed by atoms with Gasteiger partial charge in [0.15, 0.2) is 0 Å². The molecule has 2 rings (SSSR count). The second-order valence-corrected chi connectivity index (χ2v) is 5.62. The normalized spacial score (nSPS) is 18.9. The van der Waals surface area contributed by atoms with E-state index >= 15 is 0 Å². The van der Waals surface area contributed by atoms with E-state index in [1.54, 1.807) is 10.7 Å². The van der Waals surface area contributed by atoms with Gasteiger partial charge in [-0.25, -0.2) is 0 Å². The van der Waals surface area contributed by atoms with E-state index in [1.807, 2.05) is 14.0 Å². The van der Waals surface area contributed by atoms with E-state index in [-0.39, 0.29) is 5.91 Å². The fourth-order valence-electron chi connectivity index (χ4n) is 2.57. The molecular formula is C14H23N3O2. The molecule has 1 aromatic rings. The summed E-state index contributed by atoms with van der Waals surface area (Å²) >= 11 is 0. The summed E-state index contributed by atoms with van der Waals surface area (Å²) in [5, 5.41) is 17.4. The fourth-order valence-corrected chi connectivity index (χ4v) is 2.57. The zero-order valence-corrected chi connectivity index (χ0v) is 11.8. The van der Waals surface area contributed by atoms with Gasteiger partial charge in [-0.1, -0.05) is 25.7 Å². The minimum atomic E-state index is -0.740. The van der Waals surface area contributed by atoms with Crippen molar-refractivity contribution < 1.29 is 9.90 Å². The van der Waals surface area contributed by atoms with Crippen LogP contribution in [0.1, 0.15) is 54.7 Å². The predicted molar refractivity (Wildman–Crippen MR) is 72.9 cm³/mol. The van der Waals surface area contributed by atoms with E-state index in [9.17, 15) is 9.90 Å². The average Bonchev–Trinajstić information content (AvgIpc) is 2.60. The van der Waals surface area contributed by atoms with Gasteiger partial charge in [-0.2, -0.15) is 5.10 Å². The Balaban J connectivity index is 1.92. The van der Waals surface area contributed by atoms with Crippen molar-refractivity contribution in [2.75, 3.05) is 6.54 Å². The number of hydrogen-bond acceptors (Lipinski definition) is 3. The highest BCUT2D eigenvalue weighted by molar-refractivity contribution is 5.92. The molecule has 0 saturated heterocycles. The Morgan fingerprint density at radius 3 is 2.58 bits per heavy atom. The van der Waals surface area contributed by atoms with Gasteiger partial charge in [0.25, 0.3) is 5.91 Å². The van der Waals surface area contributed by atoms with Gasteiger partial charge in [0, 0.05) is 19.3 Å². The first-order valence-corrected chi connectivity index (χ1v) is 7.01. The van der Waals surface area contributed by atoms with Crippen LogP contribution < -0.4 is 5.32 Å². The lowest BCUT2D eigenvalue weighted by molar-refractivity contribution is 0.0246. The molecule has 0 spiro atoms. The molecular weight excluding hydrogens is 242 g/mol. The second kappa shape index (κ2) is 5.74. The van der Waals surface area contributed by atoms with Gasteiger partial charge in [-0.3, -0.25) is 9.48 Å². The molecule has 0 unspecified atom stereocenters. The van der Waals surface area contributed by atoms with Crippen molar-refractivity contribution in [1.82, 2.24) is 15.1 Å². The van der Waals surface area contributed by atoms with Crippen LogP contribution in [-0.4, -0.2) is 32.9 Å². The third kappa shape index (κ3) is 3.56. The standard InChI is InChI=1S/C14H23N3O2/c1-11-9-12(16-17(11)2)13(18)15-10-14(19)7-5-3-4-6-8-14/h9,19H,3-8,10H2,1-2H3,(H,15,18). The van der Waals surface area contributed by atoms with Gasteiger partial charge in [0.2, 0.25) is 0 Å². The molecule has 0 atom stereocenters. The maximum absolute atomic E-state index is 12.0. The summed E-state index contributed by atoms with van der Waals surface area (Å²) in [6, 6.07) is 1.76. The molecule has 0 aliphatic heterocycles. The fraction of sp³-hybridized carbons (Fsp3) is 0.714. The van der Waals surface area contributed by atoms with Crippen molar-refractivity contribution in [3.8, 4) is 0 Å². The van der Waals surface area contributed by atoms with Gasteiger partial charge >= 0.3 is 0 Å². The Morgan fingerprint density at radius 2 is 2.05 bits per heavy atom. The van der Waals surface area contributed by atoms with Crippen molar-refractivity contribution in [1.29, 1.82) is 0 Å². The number of amides is 1. The van der Waals surface area contributed by atoms with Crippen molar-refractivity contribution >= 4 is 5.91 Å². The van der Waals surface area contributed by atoms with E-state index in [4.69, 9.17) is 0 Å². The van der Waals surface area contributed by atoms with Crippen molar-refractivity contribution in [3.63, 3.8) is 0 Å². The minimum absolute atomic E-state index is 0.207. The first kappa shape index (κ1) is 14.1. The molecule has 1 amide bonds. The molecule has 1 aliphatic rings. The summed E-state index contributed by atoms with van der Waals surface area (Å²) in [7, 11) is 1.81. The zero-order chi connectivity index (χ0) is 13.9. The molecule has 1 saturated carbocycles. The molecule has 106 valence electrons. The summed E-state index contributed by atoms with van der Waals surface area (Å²) in [5.74, 6) is -0.207. The molecule has 5 heteroatoms. The van der Waals surface area contributed by atoms with E-state index in [0.717, 1.165) is 31.4 Å². The first-order chi connectivity index (χ1) is 9.00. The van der Waals surface area contributed by atoms with Crippen LogP contribution in [-0.2, 0) is 7.05 Å². The Kier molecular flexibility index (Phi) is 4.24. The van der Waals surface area contributed by atoms with Crippen LogP contribution in [0.2, 0.25) is 0 Å². The van der Waals surface area contributed by atoms with Crippen LogP contribution in [0, 0.1) is 6.92 Å². The van der Waals surface area contributed by atoms with E-state index in [0.29, 0.717) is 12.2 Å². The van der Waals surface area contributed by atoms with Crippen molar-refractivity contribution in [2.24, 2.45) is 7.05 Å². The maximum atomic E-state index is 12.0. The van der Waals surface area contributed by atoms with Gasteiger partial charge in [-0.05, 0) is 25.8 Å². The third-order valence-electron chi connectivity index (χ3n) is 3.96. The monoisotopic (exact) mass is 265 g/mol. The number of rotatable bonds is 3. The molecule has 1 fully saturated rings. The van der Waals surface area contributed by atoms with E-state index in [1.165, 1.54) is 12.8 Å². The molecule has 19 heavy (non-hydrogen) atoms. The van der Waals surface area contributed by atoms with E-state index < -0.39 is 5.60 Å². The number of carbonyl (C=O) groups excluding carboxylic acids is 1. The highest BCUT2D eigenvalue weighted by Crippen LogP contribution is 2.26. The number of aliphatic hydroxyl groups is 1. The number of aryl methyl sites for hydroxylation is 2. The summed E-state index contributed by atoms with van der Waals surface area (Å²) in [4.78, 5) is 12.0. The lowest BCUT2D eigenvalue weighted by atomic mass is 9.94. The summed E-state index contributed by atoms with van der Waals surface area (Å²) in [5.41, 5.74) is 0.617. The van der Waals surface area contributed by atoms with Crippen LogP contribution in [0.4, 0.5) is 0 Å². The number of nitrogens with one attached hydrogen (secondary N) is 1. The lowest BCUT2D eigenvalue weighted by Gasteiger charge is -2.26. The Bertz CT molecular complexity index is 426. The Labute approximate surface area is 114 Å². The molecule has 2 N–H and O–H groups in total. The molecule has 0 aromatic carbocycles. The summed E-state index contributed by atoms with van der Waals surface area (Å²) < 4.78 is 1.68. The average molecular weight is 265 g/mol. The summed E-state index contributed by atoms with van der Waals surface area (Å²) in [6.45, 7) is 2.23. The predicted octanol–water partition coefficient (Wildman–Crippen LogP) is 1.54. The first-order valence-electron chi connectivity index (χ1n) is 7.01. The van der Waals surface area contributed by atoms with Gasteiger partial charge in [0.05, 0.1) is 5.60 Å². The quantitative estimate of drug-likeness (QED) is 0.815. The molecule has 0 bridgehead atoms. The van der Waals surface area contributed by atoms with Crippen molar-refractivity contribution in [3.05, 3.63) is 17.5 Å². The smallest absolute Gasteiger partial charge is 0.271 e. The van der Waals surface area contributed by atoms with Crippen LogP contribution in [0.25, 0.3) is 0 Å². The Morgan fingerprint density at radius 1 is 1.42 bits per heavy atom. The molecule has 0 radical (unpaired) electrons. The van der Waals surface area contributed by atoms with Crippen LogP contribution in [0.5, 0.6) is 0 Å². The third-order valence-corrected chi connectivity index (χ3v) is 3.96. The minimum Gasteiger partial charge on any atom is -0.388 e. The number of hydrogen-bond donors (Lipinski definition) is 2. The SMILES string of the molecule is Cc1cc(C(=O)NCC2(O)CCCCCC2)nn1C.